The van der Waals surface area contributed by atoms with E-state index in [1.807, 2.05) is 0 Å². The molecule has 0 fully saturated rings. The summed E-state index contributed by atoms with van der Waals surface area (Å²) in [5, 5.41) is 2.48. The standard InChI is InChI=1S/C10H14N4O3/c1-2-17-10(16)8(11)9(15)13-5-7-3-4-12-6-14-7/h3-4,6,8H,2,5,11H2,1H3,(H,13,15). The van der Waals surface area contributed by atoms with Gasteiger partial charge in [-0.2, -0.15) is 0 Å². The number of hydrogen-bond acceptors (Lipinski definition) is 6. The molecule has 0 aliphatic heterocycles. The third-order valence-corrected chi connectivity index (χ3v) is 1.91. The number of rotatable bonds is 5. The van der Waals surface area contributed by atoms with Crippen LogP contribution in [-0.4, -0.2) is 34.5 Å². The van der Waals surface area contributed by atoms with Gasteiger partial charge in [0.15, 0.2) is 6.04 Å². The van der Waals surface area contributed by atoms with Gasteiger partial charge in [0, 0.05) is 6.20 Å². The molecule has 0 saturated heterocycles. The predicted molar refractivity (Wildman–Crippen MR) is 58.5 cm³/mol. The van der Waals surface area contributed by atoms with Gasteiger partial charge < -0.3 is 15.8 Å². The molecule has 1 amide bonds. The average molecular weight is 238 g/mol. The summed E-state index contributed by atoms with van der Waals surface area (Å²) in [6.07, 6.45) is 2.92. The number of esters is 1. The van der Waals surface area contributed by atoms with E-state index in [0.717, 1.165) is 0 Å². The van der Waals surface area contributed by atoms with Crippen LogP contribution in [0.25, 0.3) is 0 Å². The Labute approximate surface area is 98.4 Å². The van der Waals surface area contributed by atoms with E-state index < -0.39 is 17.9 Å². The molecular weight excluding hydrogens is 224 g/mol. The molecule has 3 N–H and O–H groups in total. The number of nitrogens with zero attached hydrogens (tertiary/aromatic N) is 2. The fraction of sp³-hybridized carbons (Fsp3) is 0.400. The summed E-state index contributed by atoms with van der Waals surface area (Å²) >= 11 is 0. The summed E-state index contributed by atoms with van der Waals surface area (Å²) in [5.41, 5.74) is 6.02. The van der Waals surface area contributed by atoms with Crippen molar-refractivity contribution >= 4 is 11.9 Å². The Bertz CT molecular complexity index is 382. The molecule has 17 heavy (non-hydrogen) atoms. The second-order valence-electron chi connectivity index (χ2n) is 3.15. The summed E-state index contributed by atoms with van der Waals surface area (Å²) in [5.74, 6) is -1.34. The number of nitrogens with one attached hydrogen (secondary N) is 1. The van der Waals surface area contributed by atoms with Gasteiger partial charge in [-0.05, 0) is 13.0 Å². The molecule has 1 rings (SSSR count). The molecule has 1 aromatic rings. The summed E-state index contributed by atoms with van der Waals surface area (Å²) in [7, 11) is 0. The highest BCUT2D eigenvalue weighted by Crippen LogP contribution is 1.91. The highest BCUT2D eigenvalue weighted by atomic mass is 16.5. The van der Waals surface area contributed by atoms with Crippen LogP contribution in [-0.2, 0) is 20.9 Å². The van der Waals surface area contributed by atoms with Crippen molar-refractivity contribution in [3.63, 3.8) is 0 Å². The summed E-state index contributed by atoms with van der Waals surface area (Å²) < 4.78 is 4.63. The van der Waals surface area contributed by atoms with Crippen molar-refractivity contribution in [2.75, 3.05) is 6.61 Å². The molecular formula is C10H14N4O3. The maximum atomic E-state index is 11.5. The van der Waals surface area contributed by atoms with E-state index >= 15 is 0 Å². The van der Waals surface area contributed by atoms with Gasteiger partial charge in [-0.3, -0.25) is 4.79 Å². The number of carbonyl (C=O) groups is 2. The van der Waals surface area contributed by atoms with Crippen LogP contribution >= 0.6 is 0 Å². The van der Waals surface area contributed by atoms with E-state index in [1.54, 1.807) is 19.2 Å². The fourth-order valence-corrected chi connectivity index (χ4v) is 1.05. The Morgan fingerprint density at radius 2 is 2.35 bits per heavy atom. The number of hydrogen-bond donors (Lipinski definition) is 2. The average Bonchev–Trinajstić information content (AvgIpc) is 2.36. The van der Waals surface area contributed by atoms with Crippen molar-refractivity contribution in [3.05, 3.63) is 24.3 Å². The van der Waals surface area contributed by atoms with Crippen LogP contribution in [0.1, 0.15) is 12.6 Å². The van der Waals surface area contributed by atoms with Gasteiger partial charge in [-0.1, -0.05) is 0 Å². The number of nitrogens with two attached hydrogens (primary N) is 1. The van der Waals surface area contributed by atoms with Crippen molar-refractivity contribution in [2.45, 2.75) is 19.5 Å². The van der Waals surface area contributed by atoms with Crippen LogP contribution in [0.2, 0.25) is 0 Å². The molecule has 92 valence electrons. The lowest BCUT2D eigenvalue weighted by atomic mass is 10.3. The van der Waals surface area contributed by atoms with Crippen LogP contribution in [0.3, 0.4) is 0 Å². The van der Waals surface area contributed by atoms with Crippen molar-refractivity contribution in [2.24, 2.45) is 5.73 Å². The molecule has 0 radical (unpaired) electrons. The maximum Gasteiger partial charge on any atom is 0.332 e. The molecule has 0 spiro atoms. The van der Waals surface area contributed by atoms with E-state index in [4.69, 9.17) is 5.73 Å². The minimum Gasteiger partial charge on any atom is -0.464 e. The van der Waals surface area contributed by atoms with E-state index in [1.165, 1.54) is 6.33 Å². The molecule has 1 atom stereocenters. The number of carbonyl (C=O) groups excluding carboxylic acids is 2. The molecule has 0 aromatic carbocycles. The van der Waals surface area contributed by atoms with Gasteiger partial charge >= 0.3 is 5.97 Å². The van der Waals surface area contributed by atoms with Crippen LogP contribution in [0.15, 0.2) is 18.6 Å². The van der Waals surface area contributed by atoms with Crippen molar-refractivity contribution < 1.29 is 14.3 Å². The molecule has 7 heteroatoms. The Balaban J connectivity index is 2.42. The predicted octanol–water partition coefficient (Wildman–Crippen LogP) is -1.02. The number of aromatic nitrogens is 2. The zero-order chi connectivity index (χ0) is 12.7. The smallest absolute Gasteiger partial charge is 0.332 e. The lowest BCUT2D eigenvalue weighted by Crippen LogP contribution is -2.46. The first kappa shape index (κ1) is 13.0. The summed E-state index contributed by atoms with van der Waals surface area (Å²) in [6, 6.07) is 0.340. The Kier molecular flexibility index (Phi) is 5.02. The van der Waals surface area contributed by atoms with E-state index in [-0.39, 0.29) is 13.2 Å². The van der Waals surface area contributed by atoms with Gasteiger partial charge in [0.05, 0.1) is 18.8 Å². The number of ether oxygens (including phenoxy) is 1. The zero-order valence-electron chi connectivity index (χ0n) is 9.42. The minimum absolute atomic E-state index is 0.186. The fourth-order valence-electron chi connectivity index (χ4n) is 1.05. The molecule has 7 nitrogen and oxygen atoms in total. The van der Waals surface area contributed by atoms with E-state index in [9.17, 15) is 9.59 Å². The molecule has 1 unspecified atom stereocenters. The third kappa shape index (κ3) is 4.15. The zero-order valence-corrected chi connectivity index (χ0v) is 9.42. The second kappa shape index (κ2) is 6.54. The normalized spacial score (nSPS) is 11.6. The third-order valence-electron chi connectivity index (χ3n) is 1.91. The van der Waals surface area contributed by atoms with Gasteiger partial charge in [0.2, 0.25) is 5.91 Å². The Hall–Kier alpha value is -2.02. The van der Waals surface area contributed by atoms with Crippen molar-refractivity contribution in [1.29, 1.82) is 0 Å². The van der Waals surface area contributed by atoms with Gasteiger partial charge in [-0.25, -0.2) is 14.8 Å². The first-order chi connectivity index (χ1) is 8.15. The van der Waals surface area contributed by atoms with Crippen molar-refractivity contribution in [1.82, 2.24) is 15.3 Å². The second-order valence-corrected chi connectivity index (χ2v) is 3.15. The lowest BCUT2D eigenvalue weighted by molar-refractivity contribution is -0.148. The molecule has 0 aliphatic carbocycles. The monoisotopic (exact) mass is 238 g/mol. The van der Waals surface area contributed by atoms with E-state index in [0.29, 0.717) is 5.69 Å². The Morgan fingerprint density at radius 3 is 2.94 bits per heavy atom. The molecule has 0 bridgehead atoms. The van der Waals surface area contributed by atoms with Crippen molar-refractivity contribution in [3.8, 4) is 0 Å². The highest BCUT2D eigenvalue weighted by Gasteiger charge is 2.22. The quantitative estimate of drug-likeness (QED) is 0.502. The van der Waals surface area contributed by atoms with Crippen LogP contribution in [0, 0.1) is 0 Å². The minimum atomic E-state index is -1.31. The van der Waals surface area contributed by atoms with Gasteiger partial charge in [-0.15, -0.1) is 0 Å². The lowest BCUT2D eigenvalue weighted by Gasteiger charge is -2.10. The van der Waals surface area contributed by atoms with Crippen LogP contribution < -0.4 is 11.1 Å². The summed E-state index contributed by atoms with van der Waals surface area (Å²) in [6.45, 7) is 2.02. The molecule has 1 heterocycles. The number of amides is 1. The van der Waals surface area contributed by atoms with Crippen LogP contribution in [0.4, 0.5) is 0 Å². The largest absolute Gasteiger partial charge is 0.464 e. The Morgan fingerprint density at radius 1 is 1.59 bits per heavy atom. The van der Waals surface area contributed by atoms with E-state index in [2.05, 4.69) is 20.0 Å². The SMILES string of the molecule is CCOC(=O)C(N)C(=O)NCc1ccncn1. The molecule has 0 aliphatic rings. The molecule has 0 saturated carbocycles. The highest BCUT2D eigenvalue weighted by molar-refractivity contribution is 6.01. The topological polar surface area (TPSA) is 107 Å². The molecule has 1 aromatic heterocycles. The van der Waals surface area contributed by atoms with Gasteiger partial charge in [0.1, 0.15) is 6.33 Å². The first-order valence-electron chi connectivity index (χ1n) is 5.10. The van der Waals surface area contributed by atoms with Crippen LogP contribution in [0.5, 0.6) is 0 Å². The van der Waals surface area contributed by atoms with Gasteiger partial charge in [0.25, 0.3) is 0 Å². The maximum absolute atomic E-state index is 11.5. The first-order valence-corrected chi connectivity index (χ1v) is 5.10. The summed E-state index contributed by atoms with van der Waals surface area (Å²) in [4.78, 5) is 30.3.